The van der Waals surface area contributed by atoms with E-state index in [0.29, 0.717) is 17.6 Å². The molecular formula is C17H23F2N7. The number of anilines is 3. The monoisotopic (exact) mass is 363 g/mol. The molecule has 2 aromatic rings. The molecule has 2 aliphatic rings. The van der Waals surface area contributed by atoms with Crippen molar-refractivity contribution in [2.75, 3.05) is 29.9 Å². The smallest absolute Gasteiger partial charge is 0.270 e. The van der Waals surface area contributed by atoms with Gasteiger partial charge in [0.2, 0.25) is 5.95 Å². The summed E-state index contributed by atoms with van der Waals surface area (Å²) in [5.74, 6) is -1.68. The molecule has 140 valence electrons. The number of alkyl halides is 2. The Morgan fingerprint density at radius 1 is 1.31 bits per heavy atom. The second-order valence-electron chi connectivity index (χ2n) is 7.13. The van der Waals surface area contributed by atoms with Gasteiger partial charge >= 0.3 is 0 Å². The van der Waals surface area contributed by atoms with Gasteiger partial charge < -0.3 is 16.0 Å². The van der Waals surface area contributed by atoms with E-state index in [-0.39, 0.29) is 19.0 Å². The van der Waals surface area contributed by atoms with Gasteiger partial charge in [0.25, 0.3) is 5.92 Å². The van der Waals surface area contributed by atoms with Crippen molar-refractivity contribution in [1.29, 1.82) is 0 Å². The molecule has 4 rings (SSSR count). The van der Waals surface area contributed by atoms with E-state index in [9.17, 15) is 8.78 Å². The predicted molar refractivity (Wildman–Crippen MR) is 94.8 cm³/mol. The average molecular weight is 363 g/mol. The molecule has 1 aliphatic heterocycles. The van der Waals surface area contributed by atoms with E-state index >= 15 is 0 Å². The van der Waals surface area contributed by atoms with Crippen LogP contribution < -0.4 is 16.0 Å². The number of hydrogen-bond donors (Lipinski definition) is 3. The van der Waals surface area contributed by atoms with E-state index in [1.807, 2.05) is 6.07 Å². The highest BCUT2D eigenvalue weighted by Gasteiger charge is 2.48. The number of rotatable bonds is 5. The van der Waals surface area contributed by atoms with Crippen LogP contribution in [0.1, 0.15) is 37.3 Å². The maximum Gasteiger partial charge on any atom is 0.270 e. The first-order chi connectivity index (χ1) is 12.5. The summed E-state index contributed by atoms with van der Waals surface area (Å²) in [6.07, 6.45) is 6.44. The fraction of sp³-hybridized carbons (Fsp3) is 0.588. The number of halogens is 2. The predicted octanol–water partition coefficient (Wildman–Crippen LogP) is 2.63. The summed E-state index contributed by atoms with van der Waals surface area (Å²) in [7, 11) is 0. The van der Waals surface area contributed by atoms with Gasteiger partial charge in [-0.25, -0.2) is 13.8 Å². The molecule has 3 heterocycles. The molecule has 1 aliphatic carbocycles. The summed E-state index contributed by atoms with van der Waals surface area (Å²) >= 11 is 0. The van der Waals surface area contributed by atoms with Gasteiger partial charge in [0.15, 0.2) is 5.82 Å². The van der Waals surface area contributed by atoms with Gasteiger partial charge in [0.05, 0.1) is 12.5 Å². The quantitative estimate of drug-likeness (QED) is 0.756. The second kappa shape index (κ2) is 6.79. The van der Waals surface area contributed by atoms with Gasteiger partial charge in [-0.1, -0.05) is 12.8 Å². The Morgan fingerprint density at radius 3 is 2.85 bits per heavy atom. The lowest BCUT2D eigenvalue weighted by Gasteiger charge is -2.16. The van der Waals surface area contributed by atoms with E-state index in [0.717, 1.165) is 5.69 Å². The number of hydrogen-bond acceptors (Lipinski definition) is 6. The summed E-state index contributed by atoms with van der Waals surface area (Å²) in [6, 6.07) is 3.69. The highest BCUT2D eigenvalue weighted by atomic mass is 19.3. The average Bonchev–Trinajstić information content (AvgIpc) is 3.34. The second-order valence-corrected chi connectivity index (χ2v) is 7.13. The largest absolute Gasteiger partial charge is 0.334 e. The van der Waals surface area contributed by atoms with Gasteiger partial charge in [0.1, 0.15) is 5.82 Å². The van der Waals surface area contributed by atoms with Crippen LogP contribution in [0.25, 0.3) is 0 Å². The zero-order valence-electron chi connectivity index (χ0n) is 14.5. The van der Waals surface area contributed by atoms with Crippen LogP contribution in [0.15, 0.2) is 18.3 Å². The lowest BCUT2D eigenvalue weighted by atomic mass is 10.0. The molecule has 26 heavy (non-hydrogen) atoms. The van der Waals surface area contributed by atoms with E-state index in [1.54, 1.807) is 12.3 Å². The Bertz CT molecular complexity index is 757. The minimum absolute atomic E-state index is 0.0569. The molecule has 1 unspecified atom stereocenters. The van der Waals surface area contributed by atoms with Crippen LogP contribution in [-0.4, -0.2) is 45.7 Å². The molecule has 0 spiro atoms. The van der Waals surface area contributed by atoms with Crippen molar-refractivity contribution in [1.82, 2.24) is 20.2 Å². The van der Waals surface area contributed by atoms with Crippen molar-refractivity contribution >= 4 is 17.6 Å². The zero-order chi connectivity index (χ0) is 18.1. The third-order valence-electron chi connectivity index (χ3n) is 5.30. The van der Waals surface area contributed by atoms with Gasteiger partial charge in [-0.2, -0.15) is 10.1 Å². The molecule has 0 radical (unpaired) electrons. The molecule has 0 aromatic carbocycles. The van der Waals surface area contributed by atoms with Gasteiger partial charge in [-0.3, -0.25) is 5.10 Å². The van der Waals surface area contributed by atoms with Crippen LogP contribution in [0.3, 0.4) is 0 Å². The van der Waals surface area contributed by atoms with Crippen LogP contribution in [0.4, 0.5) is 26.4 Å². The fourth-order valence-corrected chi connectivity index (χ4v) is 3.80. The summed E-state index contributed by atoms with van der Waals surface area (Å²) < 4.78 is 27.9. The summed E-state index contributed by atoms with van der Waals surface area (Å²) in [5, 5.41) is 10.5. The molecule has 2 fully saturated rings. The first-order valence-electron chi connectivity index (χ1n) is 9.03. The van der Waals surface area contributed by atoms with Crippen molar-refractivity contribution in [3.8, 4) is 0 Å². The van der Waals surface area contributed by atoms with E-state index in [2.05, 4.69) is 25.5 Å². The number of aromatic nitrogens is 4. The van der Waals surface area contributed by atoms with E-state index in [4.69, 9.17) is 5.73 Å². The molecule has 2 aromatic heterocycles. The number of nitrogens with zero attached hydrogens (tertiary/aromatic N) is 4. The van der Waals surface area contributed by atoms with Crippen molar-refractivity contribution in [2.24, 2.45) is 11.7 Å². The maximum absolute atomic E-state index is 13.9. The lowest BCUT2D eigenvalue weighted by molar-refractivity contribution is -0.0171. The maximum atomic E-state index is 13.9. The zero-order valence-corrected chi connectivity index (χ0v) is 14.5. The Hall–Kier alpha value is -2.29. The van der Waals surface area contributed by atoms with Gasteiger partial charge in [0, 0.05) is 37.0 Å². The molecule has 0 amide bonds. The van der Waals surface area contributed by atoms with Crippen LogP contribution in [0.5, 0.6) is 0 Å². The van der Waals surface area contributed by atoms with Crippen LogP contribution in [0.2, 0.25) is 0 Å². The third-order valence-corrected chi connectivity index (χ3v) is 5.30. The van der Waals surface area contributed by atoms with Gasteiger partial charge in [-0.05, 0) is 18.9 Å². The molecule has 4 N–H and O–H groups in total. The first-order valence-corrected chi connectivity index (χ1v) is 9.03. The molecule has 7 nitrogen and oxygen atoms in total. The molecular weight excluding hydrogens is 340 g/mol. The van der Waals surface area contributed by atoms with Crippen molar-refractivity contribution in [3.05, 3.63) is 24.0 Å². The minimum Gasteiger partial charge on any atom is -0.334 e. The molecule has 1 atom stereocenters. The number of nitrogens with two attached hydrogens (primary N) is 1. The SMILES string of the molecule is NCC1CN(c2nccc(Nc3cc(C4CCCC4)[nH]n3)n2)CC1(F)F. The highest BCUT2D eigenvalue weighted by molar-refractivity contribution is 5.53. The topological polar surface area (TPSA) is 95.8 Å². The fourth-order valence-electron chi connectivity index (χ4n) is 3.80. The Kier molecular flexibility index (Phi) is 4.47. The summed E-state index contributed by atoms with van der Waals surface area (Å²) in [4.78, 5) is 9.99. The van der Waals surface area contributed by atoms with Crippen molar-refractivity contribution in [2.45, 2.75) is 37.5 Å². The number of nitrogens with one attached hydrogen (secondary N) is 2. The Labute approximate surface area is 150 Å². The normalized spacial score (nSPS) is 22.9. The highest BCUT2D eigenvalue weighted by Crippen LogP contribution is 2.35. The Morgan fingerprint density at radius 2 is 2.12 bits per heavy atom. The van der Waals surface area contributed by atoms with Crippen LogP contribution >= 0.6 is 0 Å². The van der Waals surface area contributed by atoms with Crippen molar-refractivity contribution < 1.29 is 8.78 Å². The summed E-state index contributed by atoms with van der Waals surface area (Å²) in [6.45, 7) is -0.313. The third kappa shape index (κ3) is 3.35. The first kappa shape index (κ1) is 17.1. The number of aromatic amines is 1. The summed E-state index contributed by atoms with van der Waals surface area (Å²) in [5.41, 5.74) is 6.59. The minimum atomic E-state index is -2.82. The number of H-pyrrole nitrogens is 1. The standard InChI is InChI=1S/C17H23F2N7/c18-17(19)10-26(9-12(17)8-20)16-21-6-5-14(23-16)22-15-7-13(24-25-15)11-3-1-2-4-11/h5-7,11-12H,1-4,8-10,20H2,(H2,21,22,23,24,25). The van der Waals surface area contributed by atoms with Crippen molar-refractivity contribution in [3.63, 3.8) is 0 Å². The molecule has 1 saturated carbocycles. The lowest BCUT2D eigenvalue weighted by Crippen LogP contribution is -2.32. The van der Waals surface area contributed by atoms with E-state index < -0.39 is 18.4 Å². The van der Waals surface area contributed by atoms with Crippen LogP contribution in [-0.2, 0) is 0 Å². The van der Waals surface area contributed by atoms with Crippen LogP contribution in [0, 0.1) is 5.92 Å². The molecule has 1 saturated heterocycles. The van der Waals surface area contributed by atoms with E-state index in [1.165, 1.54) is 30.6 Å². The molecule has 0 bridgehead atoms. The molecule has 9 heteroatoms. The van der Waals surface area contributed by atoms with Gasteiger partial charge in [-0.15, -0.1) is 0 Å². The Balaban J connectivity index is 1.46.